The van der Waals surface area contributed by atoms with E-state index in [4.69, 9.17) is 9.47 Å². The van der Waals surface area contributed by atoms with E-state index in [2.05, 4.69) is 38.3 Å². The fourth-order valence-corrected chi connectivity index (χ4v) is 11.7. The minimum absolute atomic E-state index is 0. The van der Waals surface area contributed by atoms with Crippen LogP contribution in [0, 0.1) is 34.5 Å². The molecule has 240 valence electrons. The van der Waals surface area contributed by atoms with E-state index in [1.807, 2.05) is 0 Å². The Kier molecular flexibility index (Phi) is 10.3. The molecular formula is C35H59BrN2O4. The molecule has 0 aromatic heterocycles. The van der Waals surface area contributed by atoms with Gasteiger partial charge in [-0.05, 0) is 99.4 Å². The Balaban J connectivity index is 0.00000353. The highest BCUT2D eigenvalue weighted by molar-refractivity contribution is 5.69. The van der Waals surface area contributed by atoms with E-state index in [1.165, 1.54) is 64.5 Å². The van der Waals surface area contributed by atoms with Crippen molar-refractivity contribution >= 4 is 5.97 Å². The van der Waals surface area contributed by atoms with Crippen LogP contribution in [0.4, 0.5) is 0 Å². The van der Waals surface area contributed by atoms with Gasteiger partial charge >= 0.3 is 5.97 Å². The Labute approximate surface area is 266 Å². The number of hydrogen-bond acceptors (Lipinski definition) is 5. The van der Waals surface area contributed by atoms with Gasteiger partial charge in [0.25, 0.3) is 0 Å². The lowest BCUT2D eigenvalue weighted by atomic mass is 9.44. The highest BCUT2D eigenvalue weighted by atomic mass is 79.9. The minimum Gasteiger partial charge on any atom is -1.00 e. The number of fused-ring (bicyclic) bond motifs is 5. The highest BCUT2D eigenvalue weighted by Gasteiger charge is 2.67. The molecule has 0 spiro atoms. The summed E-state index contributed by atoms with van der Waals surface area (Å²) in [5.41, 5.74) is 0.331. The van der Waals surface area contributed by atoms with Gasteiger partial charge in [0.2, 0.25) is 0 Å². The van der Waals surface area contributed by atoms with Crippen LogP contribution >= 0.6 is 0 Å². The third-order valence-corrected chi connectivity index (χ3v) is 13.7. The fourth-order valence-electron chi connectivity index (χ4n) is 11.7. The lowest BCUT2D eigenvalue weighted by Crippen LogP contribution is -3.00. The summed E-state index contributed by atoms with van der Waals surface area (Å²) in [7, 11) is 0. The van der Waals surface area contributed by atoms with E-state index < -0.39 is 0 Å². The van der Waals surface area contributed by atoms with Gasteiger partial charge in [0.05, 0.1) is 39.0 Å². The van der Waals surface area contributed by atoms with Crippen molar-refractivity contribution in [2.24, 2.45) is 34.5 Å². The lowest BCUT2D eigenvalue weighted by Gasteiger charge is -2.62. The van der Waals surface area contributed by atoms with E-state index >= 15 is 0 Å². The highest BCUT2D eigenvalue weighted by Crippen LogP contribution is 2.67. The first kappa shape index (κ1) is 32.9. The molecule has 2 saturated heterocycles. The number of ether oxygens (including phenoxy) is 2. The Morgan fingerprint density at radius 1 is 1.07 bits per heavy atom. The Bertz CT molecular complexity index is 951. The summed E-state index contributed by atoms with van der Waals surface area (Å²) in [4.78, 5) is 15.7. The summed E-state index contributed by atoms with van der Waals surface area (Å²) >= 11 is 0. The maximum atomic E-state index is 13.2. The predicted octanol–water partition coefficient (Wildman–Crippen LogP) is 2.58. The number of hydrogen-bond donors (Lipinski definition) is 1. The van der Waals surface area contributed by atoms with Crippen molar-refractivity contribution in [3.05, 3.63) is 12.7 Å². The quantitative estimate of drug-likeness (QED) is 0.261. The van der Waals surface area contributed by atoms with Crippen LogP contribution in [0.3, 0.4) is 0 Å². The van der Waals surface area contributed by atoms with Gasteiger partial charge in [-0.2, -0.15) is 0 Å². The number of aliphatic hydroxyl groups is 1. The second-order valence-electron chi connectivity index (χ2n) is 15.6. The van der Waals surface area contributed by atoms with Gasteiger partial charge in [0.15, 0.2) is 6.10 Å². The minimum atomic E-state index is -0.211. The normalized spacial score (nSPS) is 45.0. The average molecular weight is 652 g/mol. The number of likely N-dealkylation sites (tertiary alicyclic amines) is 1. The number of quaternary nitrogens is 1. The Hall–Kier alpha value is -0.470. The van der Waals surface area contributed by atoms with Crippen LogP contribution in [0.1, 0.15) is 97.8 Å². The van der Waals surface area contributed by atoms with Gasteiger partial charge < -0.3 is 36.0 Å². The van der Waals surface area contributed by atoms with Gasteiger partial charge in [-0.15, -0.1) is 0 Å². The third-order valence-electron chi connectivity index (χ3n) is 13.7. The SMILES string of the molecule is C=CC[N+]1([C@H]2C[C@H]3[C@@H]4CC[C@H]5C[C@H](O)[C@H](N6CCOCC6)C[C@]5(C)[C@H]4CC[C@]3(C)[C@H]2OC(=O)CCC)CCCCC1.[Br-]. The molecule has 0 bridgehead atoms. The molecule has 4 aliphatic carbocycles. The largest absolute Gasteiger partial charge is 1.00 e. The molecule has 6 rings (SSSR count). The molecule has 0 radical (unpaired) electrons. The van der Waals surface area contributed by atoms with Crippen LogP contribution in [-0.2, 0) is 14.3 Å². The molecule has 6 fully saturated rings. The van der Waals surface area contributed by atoms with Crippen molar-refractivity contribution in [1.82, 2.24) is 4.90 Å². The van der Waals surface area contributed by atoms with Crippen LogP contribution in [0.5, 0.6) is 0 Å². The van der Waals surface area contributed by atoms with Crippen LogP contribution in [0.15, 0.2) is 12.7 Å². The molecule has 6 aliphatic rings. The summed E-state index contributed by atoms with van der Waals surface area (Å²) in [6.07, 6.45) is 15.4. The molecule has 6 nitrogen and oxygen atoms in total. The van der Waals surface area contributed by atoms with E-state index in [-0.39, 0.29) is 52.0 Å². The summed E-state index contributed by atoms with van der Waals surface area (Å²) in [6.45, 7) is 18.3. The number of esters is 1. The molecule has 42 heavy (non-hydrogen) atoms. The van der Waals surface area contributed by atoms with Gasteiger partial charge in [-0.25, -0.2) is 0 Å². The van der Waals surface area contributed by atoms with Gasteiger partial charge in [-0.1, -0.05) is 27.4 Å². The van der Waals surface area contributed by atoms with Crippen LogP contribution in [-0.4, -0.2) is 90.7 Å². The topological polar surface area (TPSA) is 59.0 Å². The predicted molar refractivity (Wildman–Crippen MR) is 162 cm³/mol. The molecule has 2 heterocycles. The maximum absolute atomic E-state index is 13.2. The Morgan fingerprint density at radius 2 is 1.81 bits per heavy atom. The molecule has 4 saturated carbocycles. The van der Waals surface area contributed by atoms with E-state index in [0.717, 1.165) is 56.6 Å². The molecule has 0 amide bonds. The summed E-state index contributed by atoms with van der Waals surface area (Å²) in [6, 6.07) is 0.656. The monoisotopic (exact) mass is 650 g/mol. The molecule has 7 heteroatoms. The molecule has 10 atom stereocenters. The fraction of sp³-hybridized carbons (Fsp3) is 0.914. The van der Waals surface area contributed by atoms with E-state index in [1.54, 1.807) is 0 Å². The van der Waals surface area contributed by atoms with E-state index in [0.29, 0.717) is 36.1 Å². The first-order valence-corrected chi connectivity index (χ1v) is 17.4. The summed E-state index contributed by atoms with van der Waals surface area (Å²) in [5.74, 6) is 2.65. The van der Waals surface area contributed by atoms with Crippen molar-refractivity contribution < 1.29 is 40.8 Å². The molecule has 0 unspecified atom stereocenters. The van der Waals surface area contributed by atoms with E-state index in [9.17, 15) is 9.90 Å². The number of nitrogens with zero attached hydrogens (tertiary/aromatic N) is 2. The van der Waals surface area contributed by atoms with Crippen LogP contribution in [0.25, 0.3) is 0 Å². The number of morpholine rings is 1. The van der Waals surface area contributed by atoms with Crippen LogP contribution < -0.4 is 17.0 Å². The molecular weight excluding hydrogens is 592 g/mol. The zero-order chi connectivity index (χ0) is 28.8. The second kappa shape index (κ2) is 13.1. The zero-order valence-electron chi connectivity index (χ0n) is 26.8. The standard InChI is InChI=1S/C35H59N2O4.BrH/c1-5-10-32(39)41-33-30(37(17-6-2)18-8-7-9-19-37)23-28-26-12-11-25-22-31(38)29(36-15-20-40-21-16-36)24-35(25,4)27(26)13-14-34(28,33)3;/h6,25-31,33,38H,2,5,7-24H2,1,3-4H3;1H/q+1;/p-1/t25-,26+,27-,28-,29+,30-,31-,33-,34-,35-;/m0./s1. The number of carbonyl (C=O) groups excluding carboxylic acids is 1. The van der Waals surface area contributed by atoms with Crippen LogP contribution in [0.2, 0.25) is 0 Å². The number of aliphatic hydroxyl groups excluding tert-OH is 1. The van der Waals surface area contributed by atoms with Gasteiger partial charge in [-0.3, -0.25) is 9.69 Å². The molecule has 0 aromatic rings. The summed E-state index contributed by atoms with van der Waals surface area (Å²) in [5, 5.41) is 11.3. The number of piperidine rings is 1. The number of halogens is 1. The molecule has 2 aliphatic heterocycles. The van der Waals surface area contributed by atoms with Crippen molar-refractivity contribution in [1.29, 1.82) is 0 Å². The van der Waals surface area contributed by atoms with Crippen molar-refractivity contribution in [3.8, 4) is 0 Å². The summed E-state index contributed by atoms with van der Waals surface area (Å²) < 4.78 is 13.4. The first-order chi connectivity index (χ1) is 19.8. The average Bonchev–Trinajstić information content (AvgIpc) is 3.27. The zero-order valence-corrected chi connectivity index (χ0v) is 28.4. The maximum Gasteiger partial charge on any atom is 0.306 e. The second-order valence-corrected chi connectivity index (χ2v) is 15.6. The lowest BCUT2D eigenvalue weighted by molar-refractivity contribution is -0.952. The van der Waals surface area contributed by atoms with Gasteiger partial charge in [0, 0.05) is 37.4 Å². The Morgan fingerprint density at radius 3 is 2.50 bits per heavy atom. The molecule has 0 aromatic carbocycles. The third kappa shape index (κ3) is 5.58. The van der Waals surface area contributed by atoms with Crippen molar-refractivity contribution in [2.45, 2.75) is 122 Å². The molecule has 1 N–H and O–H groups in total. The first-order valence-electron chi connectivity index (χ1n) is 17.4. The van der Waals surface area contributed by atoms with Gasteiger partial charge in [0.1, 0.15) is 6.04 Å². The van der Waals surface area contributed by atoms with Crippen molar-refractivity contribution in [2.75, 3.05) is 45.9 Å². The van der Waals surface area contributed by atoms with Crippen molar-refractivity contribution in [3.63, 3.8) is 0 Å². The number of carbonyl (C=O) groups is 1. The smallest absolute Gasteiger partial charge is 0.306 e. The number of rotatable bonds is 7.